The first-order valence-electron chi connectivity index (χ1n) is 2.60. The molecule has 0 spiro atoms. The summed E-state index contributed by atoms with van der Waals surface area (Å²) in [5.74, 6) is 0. The Bertz CT molecular complexity index is 274. The summed E-state index contributed by atoms with van der Waals surface area (Å²) >= 11 is 1.61. The first-order valence-corrected chi connectivity index (χ1v) is 5.33. The molecule has 1 rings (SSSR count). The Hall–Kier alpha value is 0.540. The number of aromatic nitrogens is 1. The van der Waals surface area contributed by atoms with Crippen molar-refractivity contribution in [3.05, 3.63) is 16.6 Å². The van der Waals surface area contributed by atoms with E-state index in [-0.39, 0.29) is 29.6 Å². The molecule has 0 aliphatic carbocycles. The third-order valence-corrected chi connectivity index (χ3v) is 1.16. The van der Waals surface area contributed by atoms with Crippen LogP contribution >= 0.6 is 11.3 Å². The van der Waals surface area contributed by atoms with Gasteiger partial charge in [0, 0.05) is 0 Å². The van der Waals surface area contributed by atoms with Crippen LogP contribution in [0.25, 0.3) is 0 Å². The van der Waals surface area contributed by atoms with Gasteiger partial charge in [-0.3, -0.25) is 4.55 Å². The van der Waals surface area contributed by atoms with Crippen LogP contribution in [-0.2, 0) is 10.1 Å². The zero-order valence-corrected chi connectivity index (χ0v) is 10.7. The summed E-state index contributed by atoms with van der Waals surface area (Å²) in [5.41, 5.74) is 0. The Morgan fingerprint density at radius 1 is 1.67 bits per heavy atom. The number of aryl methyl sites for hydroxylation is 1. The van der Waals surface area contributed by atoms with Crippen LogP contribution in [0, 0.1) is 13.1 Å². The van der Waals surface area contributed by atoms with E-state index in [4.69, 9.17) is 4.55 Å². The standard InChI is InChI=1S/C4H4NS.CH4O3S.Na/c1-4-5-2-3-6-4;1-5(2,3)4;/h3H,1H3;1H3,(H,2,3,4);/q-1;;+1. The van der Waals surface area contributed by atoms with E-state index in [1.807, 2.05) is 12.3 Å². The van der Waals surface area contributed by atoms with Crippen molar-refractivity contribution in [3.63, 3.8) is 0 Å². The van der Waals surface area contributed by atoms with E-state index in [0.717, 1.165) is 5.01 Å². The number of rotatable bonds is 0. The second kappa shape index (κ2) is 6.99. The molecule has 0 unspecified atom stereocenters. The van der Waals surface area contributed by atoms with E-state index in [1.165, 1.54) is 0 Å². The Kier molecular flexibility index (Phi) is 8.76. The topological polar surface area (TPSA) is 67.3 Å². The van der Waals surface area contributed by atoms with E-state index in [2.05, 4.69) is 11.2 Å². The van der Waals surface area contributed by atoms with Gasteiger partial charge < -0.3 is 4.98 Å². The molecule has 12 heavy (non-hydrogen) atoms. The van der Waals surface area contributed by atoms with Crippen LogP contribution in [-0.4, -0.2) is 24.2 Å². The number of thiazole rings is 1. The molecule has 4 nitrogen and oxygen atoms in total. The van der Waals surface area contributed by atoms with E-state index < -0.39 is 10.1 Å². The van der Waals surface area contributed by atoms with Crippen LogP contribution in [0.15, 0.2) is 5.38 Å². The first-order chi connectivity index (χ1) is 4.89. The summed E-state index contributed by atoms with van der Waals surface area (Å²) in [6.45, 7) is 1.96. The maximum Gasteiger partial charge on any atom is 1.00 e. The van der Waals surface area contributed by atoms with Crippen molar-refractivity contribution in [3.8, 4) is 0 Å². The number of hydrogen-bond acceptors (Lipinski definition) is 4. The summed E-state index contributed by atoms with van der Waals surface area (Å²) in [6, 6.07) is 0. The van der Waals surface area contributed by atoms with Gasteiger partial charge >= 0.3 is 29.6 Å². The van der Waals surface area contributed by atoms with Crippen LogP contribution in [0.1, 0.15) is 5.01 Å². The van der Waals surface area contributed by atoms with Gasteiger partial charge in [0.1, 0.15) is 0 Å². The molecule has 0 aromatic carbocycles. The van der Waals surface area contributed by atoms with Crippen molar-refractivity contribution >= 4 is 21.5 Å². The Balaban J connectivity index is 0. The molecule has 0 amide bonds. The smallest absolute Gasteiger partial charge is 0.446 e. The second-order valence-corrected chi connectivity index (χ2v) is 4.26. The summed E-state index contributed by atoms with van der Waals surface area (Å²) < 4.78 is 25.9. The minimum absolute atomic E-state index is 0. The van der Waals surface area contributed by atoms with E-state index in [0.29, 0.717) is 6.26 Å². The molecular formula is C5H8NNaO3S2. The van der Waals surface area contributed by atoms with Gasteiger partial charge in [0.2, 0.25) is 0 Å². The van der Waals surface area contributed by atoms with Gasteiger partial charge in [-0.05, 0) is 0 Å². The fourth-order valence-corrected chi connectivity index (χ4v) is 0.637. The summed E-state index contributed by atoms with van der Waals surface area (Å²) in [5, 5.41) is 2.92. The monoisotopic (exact) mass is 217 g/mol. The van der Waals surface area contributed by atoms with Crippen molar-refractivity contribution in [2.45, 2.75) is 6.92 Å². The Labute approximate surface area is 98.1 Å². The van der Waals surface area contributed by atoms with Crippen molar-refractivity contribution in [2.75, 3.05) is 6.26 Å². The van der Waals surface area contributed by atoms with E-state index in [9.17, 15) is 8.42 Å². The van der Waals surface area contributed by atoms with Gasteiger partial charge in [-0.25, -0.2) is 11.3 Å². The molecule has 0 aliphatic rings. The molecule has 0 aliphatic heterocycles. The molecule has 0 radical (unpaired) electrons. The quantitative estimate of drug-likeness (QED) is 0.303. The SMILES string of the molecule is CS(=O)(=O)O.Cc1n[c-]cs1.[Na+]. The van der Waals surface area contributed by atoms with Crippen molar-refractivity contribution < 1.29 is 42.5 Å². The van der Waals surface area contributed by atoms with Gasteiger partial charge in [-0.1, -0.05) is 17.3 Å². The molecule has 64 valence electrons. The minimum Gasteiger partial charge on any atom is -0.446 e. The number of nitrogens with zero attached hydrogens (tertiary/aromatic N) is 1. The Morgan fingerprint density at radius 2 is 2.08 bits per heavy atom. The molecule has 0 atom stereocenters. The summed E-state index contributed by atoms with van der Waals surface area (Å²) in [7, 11) is -3.67. The molecule has 0 saturated carbocycles. The van der Waals surface area contributed by atoms with Gasteiger partial charge in [0.15, 0.2) is 0 Å². The predicted molar refractivity (Wildman–Crippen MR) is 43.2 cm³/mol. The molecule has 1 N–H and O–H groups in total. The van der Waals surface area contributed by atoms with Crippen LogP contribution < -0.4 is 29.6 Å². The fraction of sp³-hybridized carbons (Fsp3) is 0.400. The molecule has 7 heteroatoms. The largest absolute Gasteiger partial charge is 1.00 e. The summed E-state index contributed by atoms with van der Waals surface area (Å²) in [4.78, 5) is 3.81. The third kappa shape index (κ3) is 16.9. The Morgan fingerprint density at radius 3 is 2.17 bits per heavy atom. The maximum atomic E-state index is 9.19. The molecule has 1 aromatic heterocycles. The van der Waals surface area contributed by atoms with Crippen molar-refractivity contribution in [1.29, 1.82) is 0 Å². The summed E-state index contributed by atoms with van der Waals surface area (Å²) in [6.07, 6.45) is 3.41. The van der Waals surface area contributed by atoms with Gasteiger partial charge in [-0.15, -0.1) is 6.20 Å². The zero-order valence-electron chi connectivity index (χ0n) is 7.10. The first kappa shape index (κ1) is 15.0. The third-order valence-electron chi connectivity index (χ3n) is 0.504. The molecule has 0 saturated heterocycles. The average molecular weight is 217 g/mol. The van der Waals surface area contributed by atoms with Crippen molar-refractivity contribution in [2.24, 2.45) is 0 Å². The molecule has 1 heterocycles. The van der Waals surface area contributed by atoms with E-state index in [1.54, 1.807) is 11.3 Å². The average Bonchev–Trinajstić information content (AvgIpc) is 2.12. The number of hydrogen-bond donors (Lipinski definition) is 1. The molecule has 1 aromatic rings. The predicted octanol–water partition coefficient (Wildman–Crippen LogP) is -2.24. The van der Waals surface area contributed by atoms with Gasteiger partial charge in [0.25, 0.3) is 10.1 Å². The maximum absolute atomic E-state index is 9.19. The molecular weight excluding hydrogens is 209 g/mol. The zero-order chi connectivity index (χ0) is 8.91. The van der Waals surface area contributed by atoms with E-state index >= 15 is 0 Å². The van der Waals surface area contributed by atoms with Crippen LogP contribution in [0.3, 0.4) is 0 Å². The molecule has 0 bridgehead atoms. The molecule has 0 fully saturated rings. The van der Waals surface area contributed by atoms with Crippen molar-refractivity contribution in [1.82, 2.24) is 4.98 Å². The second-order valence-electron chi connectivity index (χ2n) is 1.73. The normalized spacial score (nSPS) is 9.25. The minimum atomic E-state index is -3.67. The fourth-order valence-electron chi connectivity index (χ4n) is 0.255. The van der Waals surface area contributed by atoms with Gasteiger partial charge in [-0.2, -0.15) is 8.42 Å². The van der Waals surface area contributed by atoms with Crippen LogP contribution in [0.4, 0.5) is 0 Å². The van der Waals surface area contributed by atoms with Gasteiger partial charge in [0.05, 0.1) is 6.26 Å². The van der Waals surface area contributed by atoms with Crippen LogP contribution in [0.5, 0.6) is 0 Å². The van der Waals surface area contributed by atoms with Crippen LogP contribution in [0.2, 0.25) is 0 Å².